The van der Waals surface area contributed by atoms with Crippen LogP contribution >= 0.6 is 34.4 Å². The SMILES string of the molecule is C.CON.Cc1c(Br)c(=O)n(CCc2ccccc2)c(=O)n1Cc1c(P)cccc1P. The van der Waals surface area contributed by atoms with Crippen molar-refractivity contribution in [3.63, 3.8) is 0 Å². The molecule has 0 amide bonds. The third kappa shape index (κ3) is 6.93. The van der Waals surface area contributed by atoms with Gasteiger partial charge >= 0.3 is 5.69 Å². The molecule has 3 aromatic rings. The molecule has 0 aliphatic carbocycles. The maximum absolute atomic E-state index is 13.1. The molecule has 3 rings (SSSR count). The highest BCUT2D eigenvalue weighted by molar-refractivity contribution is 9.10. The summed E-state index contributed by atoms with van der Waals surface area (Å²) in [6.45, 7) is 2.55. The van der Waals surface area contributed by atoms with Crippen LogP contribution in [0.25, 0.3) is 0 Å². The van der Waals surface area contributed by atoms with Crippen LogP contribution in [0.1, 0.15) is 24.2 Å². The summed E-state index contributed by atoms with van der Waals surface area (Å²) in [4.78, 5) is 29.5. The number of aryl methyl sites for hydroxylation is 1. The number of nitrogens with two attached hydrogens (primary N) is 1. The highest BCUT2D eigenvalue weighted by Gasteiger charge is 2.16. The molecule has 31 heavy (non-hydrogen) atoms. The number of nitrogens with zero attached hydrogens (tertiary/aromatic N) is 2. The molecular formula is C22H30BrN3O3P2. The van der Waals surface area contributed by atoms with Gasteiger partial charge in [-0.05, 0) is 51.0 Å². The van der Waals surface area contributed by atoms with Crippen molar-refractivity contribution in [2.75, 3.05) is 7.11 Å². The van der Waals surface area contributed by atoms with Crippen LogP contribution < -0.4 is 27.8 Å². The minimum Gasteiger partial charge on any atom is -0.308 e. The molecule has 0 aliphatic rings. The van der Waals surface area contributed by atoms with E-state index in [1.807, 2.05) is 48.5 Å². The zero-order valence-corrected chi connectivity index (χ0v) is 20.9. The van der Waals surface area contributed by atoms with E-state index in [0.29, 0.717) is 29.7 Å². The molecule has 2 N–H and O–H groups in total. The Hall–Kier alpha value is -1.62. The lowest BCUT2D eigenvalue weighted by molar-refractivity contribution is 0.206. The van der Waals surface area contributed by atoms with Gasteiger partial charge in [0.05, 0.1) is 13.7 Å². The van der Waals surface area contributed by atoms with Crippen LogP contribution in [-0.2, 0) is 24.3 Å². The molecule has 0 fully saturated rings. The fourth-order valence-corrected chi connectivity index (χ4v) is 4.33. The third-order valence-corrected chi connectivity index (χ3v) is 6.64. The second-order valence-corrected chi connectivity index (χ2v) is 8.65. The van der Waals surface area contributed by atoms with Crippen molar-refractivity contribution in [2.45, 2.75) is 33.9 Å². The first-order valence-corrected chi connectivity index (χ1v) is 11.2. The van der Waals surface area contributed by atoms with E-state index in [0.717, 1.165) is 21.7 Å². The highest BCUT2D eigenvalue weighted by Crippen LogP contribution is 2.12. The largest absolute Gasteiger partial charge is 0.331 e. The highest BCUT2D eigenvalue weighted by atomic mass is 79.9. The predicted molar refractivity (Wildman–Crippen MR) is 140 cm³/mol. The second kappa shape index (κ2) is 13.0. The first-order chi connectivity index (χ1) is 14.3. The van der Waals surface area contributed by atoms with E-state index in [1.165, 1.54) is 11.7 Å². The standard InChI is InChI=1S/C20H21BrN2O2P2.CH5NO.CH4/c1-13-18(21)19(24)22(11-10-14-6-3-2-4-7-14)20(25)23(13)12-15-16(26)8-5-9-17(15)27;1-3-2;/h2-9H,10-12,26-27H2,1H3;2H2,1H3;1H4. The van der Waals surface area contributed by atoms with Gasteiger partial charge < -0.3 is 4.84 Å². The number of halogens is 1. The molecule has 0 aliphatic heterocycles. The normalized spacial score (nSPS) is 10.1. The Morgan fingerprint density at radius 2 is 1.55 bits per heavy atom. The van der Waals surface area contributed by atoms with Gasteiger partial charge in [0.1, 0.15) is 4.47 Å². The summed E-state index contributed by atoms with van der Waals surface area (Å²) in [5.41, 5.74) is 2.20. The van der Waals surface area contributed by atoms with E-state index in [9.17, 15) is 9.59 Å². The van der Waals surface area contributed by atoms with Crippen molar-refractivity contribution in [1.82, 2.24) is 9.13 Å². The number of hydrogen-bond acceptors (Lipinski definition) is 4. The van der Waals surface area contributed by atoms with Gasteiger partial charge in [0.25, 0.3) is 5.56 Å². The van der Waals surface area contributed by atoms with Crippen molar-refractivity contribution < 1.29 is 4.84 Å². The number of aromatic nitrogens is 2. The van der Waals surface area contributed by atoms with Crippen molar-refractivity contribution in [2.24, 2.45) is 5.90 Å². The van der Waals surface area contributed by atoms with Gasteiger partial charge in [-0.25, -0.2) is 10.7 Å². The lowest BCUT2D eigenvalue weighted by Gasteiger charge is -2.17. The molecule has 1 heterocycles. The van der Waals surface area contributed by atoms with Crippen LogP contribution in [-0.4, -0.2) is 16.2 Å². The van der Waals surface area contributed by atoms with Gasteiger partial charge in [0.15, 0.2) is 0 Å². The molecule has 0 bridgehead atoms. The average Bonchev–Trinajstić information content (AvgIpc) is 2.73. The van der Waals surface area contributed by atoms with Crippen LogP contribution in [0.15, 0.2) is 62.6 Å². The van der Waals surface area contributed by atoms with Crippen molar-refractivity contribution in [3.05, 3.63) is 90.7 Å². The van der Waals surface area contributed by atoms with Gasteiger partial charge in [-0.3, -0.25) is 13.9 Å². The van der Waals surface area contributed by atoms with Crippen LogP contribution in [0.3, 0.4) is 0 Å². The monoisotopic (exact) mass is 525 g/mol. The van der Waals surface area contributed by atoms with E-state index in [1.54, 1.807) is 11.5 Å². The van der Waals surface area contributed by atoms with Crippen LogP contribution in [0.5, 0.6) is 0 Å². The lowest BCUT2D eigenvalue weighted by Crippen LogP contribution is -2.42. The summed E-state index contributed by atoms with van der Waals surface area (Å²) < 4.78 is 3.41. The Morgan fingerprint density at radius 1 is 1.00 bits per heavy atom. The molecule has 9 heteroatoms. The van der Waals surface area contributed by atoms with E-state index in [-0.39, 0.29) is 18.7 Å². The van der Waals surface area contributed by atoms with Crippen molar-refractivity contribution in [3.8, 4) is 0 Å². The van der Waals surface area contributed by atoms with E-state index >= 15 is 0 Å². The van der Waals surface area contributed by atoms with Gasteiger partial charge in [-0.2, -0.15) is 0 Å². The molecule has 168 valence electrons. The summed E-state index contributed by atoms with van der Waals surface area (Å²) in [6.07, 6.45) is 0.626. The van der Waals surface area contributed by atoms with Gasteiger partial charge in [-0.15, -0.1) is 18.5 Å². The molecule has 0 spiro atoms. The topological polar surface area (TPSA) is 79.2 Å². The molecule has 0 radical (unpaired) electrons. The Labute approximate surface area is 196 Å². The molecule has 0 saturated carbocycles. The van der Waals surface area contributed by atoms with Crippen molar-refractivity contribution >= 4 is 45.0 Å². The molecule has 2 aromatic carbocycles. The summed E-state index contributed by atoms with van der Waals surface area (Å²) in [5, 5.41) is 2.07. The van der Waals surface area contributed by atoms with E-state index in [2.05, 4.69) is 45.1 Å². The zero-order chi connectivity index (χ0) is 22.3. The van der Waals surface area contributed by atoms with Crippen LogP contribution in [0, 0.1) is 6.92 Å². The van der Waals surface area contributed by atoms with Crippen LogP contribution in [0.4, 0.5) is 0 Å². The fraction of sp³-hybridized carbons (Fsp3) is 0.273. The summed E-state index contributed by atoms with van der Waals surface area (Å²) in [5.74, 6) is 4.35. The summed E-state index contributed by atoms with van der Waals surface area (Å²) >= 11 is 3.39. The van der Waals surface area contributed by atoms with E-state index < -0.39 is 0 Å². The maximum atomic E-state index is 13.1. The second-order valence-electron chi connectivity index (χ2n) is 6.61. The van der Waals surface area contributed by atoms with Gasteiger partial charge in [0, 0.05) is 12.2 Å². The first-order valence-electron chi connectivity index (χ1n) is 9.21. The average molecular weight is 526 g/mol. The maximum Gasteiger partial charge on any atom is 0.331 e. The molecule has 2 unspecified atom stereocenters. The number of benzene rings is 2. The third-order valence-electron chi connectivity index (χ3n) is 4.65. The Morgan fingerprint density at radius 3 is 2.10 bits per heavy atom. The molecule has 1 aromatic heterocycles. The number of rotatable bonds is 5. The number of hydrogen-bond donors (Lipinski definition) is 1. The summed E-state index contributed by atoms with van der Waals surface area (Å²) in [7, 11) is 6.82. The minimum absolute atomic E-state index is 0. The molecule has 2 atom stereocenters. The predicted octanol–water partition coefficient (Wildman–Crippen LogP) is 2.52. The summed E-state index contributed by atoms with van der Waals surface area (Å²) in [6, 6.07) is 15.8. The lowest BCUT2D eigenvalue weighted by atomic mass is 10.1. The van der Waals surface area contributed by atoms with E-state index in [4.69, 9.17) is 0 Å². The zero-order valence-electron chi connectivity index (χ0n) is 17.0. The van der Waals surface area contributed by atoms with Gasteiger partial charge in [0.2, 0.25) is 0 Å². The Bertz CT molecular complexity index is 1100. The van der Waals surface area contributed by atoms with Crippen molar-refractivity contribution in [1.29, 1.82) is 0 Å². The molecule has 6 nitrogen and oxygen atoms in total. The Balaban J connectivity index is 0.00000113. The smallest absolute Gasteiger partial charge is 0.308 e. The van der Waals surface area contributed by atoms with Gasteiger partial charge in [-0.1, -0.05) is 56.0 Å². The fourth-order valence-electron chi connectivity index (χ4n) is 3.00. The quantitative estimate of drug-likeness (QED) is 0.410. The minimum atomic E-state index is -0.283. The molecule has 0 saturated heterocycles. The van der Waals surface area contributed by atoms with Crippen LogP contribution in [0.2, 0.25) is 0 Å². The molecular weight excluding hydrogens is 496 g/mol. The Kier molecular flexibility index (Phi) is 11.5. The first kappa shape index (κ1) is 27.4.